The van der Waals surface area contributed by atoms with Crippen molar-refractivity contribution in [3.8, 4) is 0 Å². The topological polar surface area (TPSA) is 80.5 Å². The molecule has 2 rings (SSSR count). The fraction of sp³-hybridized carbons (Fsp3) is 0.462. The Bertz CT molecular complexity index is 581. The van der Waals surface area contributed by atoms with Gasteiger partial charge >= 0.3 is 0 Å². The first kappa shape index (κ1) is 14.3. The molecule has 20 heavy (non-hydrogen) atoms. The lowest BCUT2D eigenvalue weighted by Crippen LogP contribution is -2.28. The number of hydrogen-bond donors (Lipinski definition) is 2. The summed E-state index contributed by atoms with van der Waals surface area (Å²) in [5, 5.41) is 10.1. The van der Waals surface area contributed by atoms with Crippen LogP contribution in [0.4, 0.5) is 5.95 Å². The third-order valence-corrected chi connectivity index (χ3v) is 2.81. The third kappa shape index (κ3) is 3.67. The maximum absolute atomic E-state index is 11.5. The van der Waals surface area contributed by atoms with Gasteiger partial charge in [0.25, 0.3) is 0 Å². The van der Waals surface area contributed by atoms with Crippen molar-refractivity contribution in [3.63, 3.8) is 0 Å². The molecule has 2 aromatic rings. The summed E-state index contributed by atoms with van der Waals surface area (Å²) in [7, 11) is 1.60. The molecule has 0 bridgehead atoms. The quantitative estimate of drug-likeness (QED) is 0.724. The number of nitrogens with one attached hydrogen (secondary N) is 2. The fourth-order valence-corrected chi connectivity index (χ4v) is 1.78. The minimum Gasteiger partial charge on any atom is -0.383 e. The number of rotatable bonds is 7. The van der Waals surface area contributed by atoms with Crippen LogP contribution in [0.25, 0.3) is 5.65 Å². The van der Waals surface area contributed by atoms with Gasteiger partial charge in [-0.3, -0.25) is 4.79 Å². The maximum atomic E-state index is 11.5. The van der Waals surface area contributed by atoms with E-state index in [0.29, 0.717) is 32.1 Å². The highest BCUT2D eigenvalue weighted by Crippen LogP contribution is 2.07. The maximum Gasteiger partial charge on any atom is 0.243 e. The molecule has 0 saturated carbocycles. The first-order valence-electron chi connectivity index (χ1n) is 6.52. The SMILES string of the molecule is COCCNC(=O)CCNc1nc2cccc(C)n2n1. The molecule has 0 aliphatic heterocycles. The standard InChI is InChI=1S/C13H19N5O2/c1-10-4-3-5-11-16-13(17-18(10)11)15-7-6-12(19)14-8-9-20-2/h3-5H,6-9H2,1-2H3,(H,14,19)(H,15,17). The minimum atomic E-state index is -0.0190. The number of amides is 1. The van der Waals surface area contributed by atoms with E-state index in [2.05, 4.69) is 20.7 Å². The van der Waals surface area contributed by atoms with Crippen molar-refractivity contribution < 1.29 is 9.53 Å². The average molecular weight is 277 g/mol. The summed E-state index contributed by atoms with van der Waals surface area (Å²) in [4.78, 5) is 15.8. The van der Waals surface area contributed by atoms with Gasteiger partial charge in [-0.15, -0.1) is 5.10 Å². The molecule has 0 unspecified atom stereocenters. The van der Waals surface area contributed by atoms with Crippen LogP contribution in [-0.2, 0) is 9.53 Å². The first-order chi connectivity index (χ1) is 9.70. The second kappa shape index (κ2) is 6.85. The molecule has 2 heterocycles. The smallest absolute Gasteiger partial charge is 0.243 e. The summed E-state index contributed by atoms with van der Waals surface area (Å²) < 4.78 is 6.62. The molecule has 2 N–H and O–H groups in total. The van der Waals surface area contributed by atoms with Crippen molar-refractivity contribution in [2.24, 2.45) is 0 Å². The van der Waals surface area contributed by atoms with Gasteiger partial charge in [-0.05, 0) is 19.1 Å². The molecule has 0 aliphatic rings. The molecule has 0 radical (unpaired) electrons. The van der Waals surface area contributed by atoms with Gasteiger partial charge in [-0.2, -0.15) is 4.98 Å². The van der Waals surface area contributed by atoms with E-state index in [1.165, 1.54) is 0 Å². The Labute approximate surface area is 117 Å². The summed E-state index contributed by atoms with van der Waals surface area (Å²) in [5.74, 6) is 0.512. The van der Waals surface area contributed by atoms with Crippen molar-refractivity contribution in [1.82, 2.24) is 19.9 Å². The molecule has 0 saturated heterocycles. The Morgan fingerprint density at radius 1 is 1.40 bits per heavy atom. The Balaban J connectivity index is 1.81. The van der Waals surface area contributed by atoms with E-state index < -0.39 is 0 Å². The summed E-state index contributed by atoms with van der Waals surface area (Å²) in [6.07, 6.45) is 0.373. The molecular formula is C13H19N5O2. The molecule has 0 spiro atoms. The van der Waals surface area contributed by atoms with Crippen LogP contribution in [0, 0.1) is 6.92 Å². The molecule has 0 atom stereocenters. The second-order valence-electron chi connectivity index (χ2n) is 4.39. The molecule has 0 fully saturated rings. The second-order valence-corrected chi connectivity index (χ2v) is 4.39. The highest BCUT2D eigenvalue weighted by Gasteiger charge is 2.05. The van der Waals surface area contributed by atoms with Gasteiger partial charge in [-0.25, -0.2) is 4.52 Å². The Hall–Kier alpha value is -2.15. The number of nitrogens with zero attached hydrogens (tertiary/aromatic N) is 3. The predicted molar refractivity (Wildman–Crippen MR) is 75.7 cm³/mol. The zero-order valence-electron chi connectivity index (χ0n) is 11.7. The van der Waals surface area contributed by atoms with Gasteiger partial charge < -0.3 is 15.4 Å². The number of carbonyl (C=O) groups is 1. The Morgan fingerprint density at radius 2 is 2.25 bits per heavy atom. The monoisotopic (exact) mass is 277 g/mol. The van der Waals surface area contributed by atoms with Gasteiger partial charge in [0.2, 0.25) is 11.9 Å². The van der Waals surface area contributed by atoms with Gasteiger partial charge in [0.1, 0.15) is 0 Å². The number of carbonyl (C=O) groups excluding carboxylic acids is 1. The molecule has 7 heteroatoms. The molecule has 7 nitrogen and oxygen atoms in total. The third-order valence-electron chi connectivity index (χ3n) is 2.81. The van der Waals surface area contributed by atoms with Crippen LogP contribution in [-0.4, -0.2) is 47.3 Å². The number of methoxy groups -OCH3 is 1. The number of hydrogen-bond acceptors (Lipinski definition) is 5. The largest absolute Gasteiger partial charge is 0.383 e. The first-order valence-corrected chi connectivity index (χ1v) is 6.52. The highest BCUT2D eigenvalue weighted by atomic mass is 16.5. The van der Waals surface area contributed by atoms with Crippen molar-refractivity contribution in [2.75, 3.05) is 32.1 Å². The summed E-state index contributed by atoms with van der Waals surface area (Å²) in [5.41, 5.74) is 1.80. The average Bonchev–Trinajstić information content (AvgIpc) is 2.83. The lowest BCUT2D eigenvalue weighted by molar-refractivity contribution is -0.121. The van der Waals surface area contributed by atoms with Crippen LogP contribution >= 0.6 is 0 Å². The van der Waals surface area contributed by atoms with E-state index in [0.717, 1.165) is 11.3 Å². The van der Waals surface area contributed by atoms with Crippen molar-refractivity contribution in [3.05, 3.63) is 23.9 Å². The summed E-state index contributed by atoms with van der Waals surface area (Å²) in [6.45, 7) is 3.51. The number of ether oxygens (including phenoxy) is 1. The van der Waals surface area contributed by atoms with Crippen molar-refractivity contribution in [1.29, 1.82) is 0 Å². The Kier molecular flexibility index (Phi) is 4.89. The molecule has 108 valence electrons. The highest BCUT2D eigenvalue weighted by molar-refractivity contribution is 5.76. The number of fused-ring (bicyclic) bond motifs is 1. The number of pyridine rings is 1. The zero-order valence-corrected chi connectivity index (χ0v) is 11.7. The van der Waals surface area contributed by atoms with Crippen LogP contribution in [0.3, 0.4) is 0 Å². The van der Waals surface area contributed by atoms with Gasteiger partial charge in [0.15, 0.2) is 5.65 Å². The lowest BCUT2D eigenvalue weighted by atomic mass is 10.4. The van der Waals surface area contributed by atoms with Crippen LogP contribution in [0.15, 0.2) is 18.2 Å². The van der Waals surface area contributed by atoms with E-state index >= 15 is 0 Å². The lowest BCUT2D eigenvalue weighted by Gasteiger charge is -2.04. The predicted octanol–water partition coefficient (Wildman–Crippen LogP) is 0.602. The van der Waals surface area contributed by atoms with Gasteiger partial charge in [-0.1, -0.05) is 6.07 Å². The fourth-order valence-electron chi connectivity index (χ4n) is 1.78. The zero-order chi connectivity index (χ0) is 14.4. The molecule has 0 aliphatic carbocycles. The van der Waals surface area contributed by atoms with Crippen molar-refractivity contribution >= 4 is 17.5 Å². The normalized spacial score (nSPS) is 10.7. The molecule has 0 aromatic carbocycles. The van der Waals surface area contributed by atoms with Crippen molar-refractivity contribution in [2.45, 2.75) is 13.3 Å². The van der Waals surface area contributed by atoms with E-state index in [1.807, 2.05) is 25.1 Å². The van der Waals surface area contributed by atoms with Crippen LogP contribution in [0.2, 0.25) is 0 Å². The van der Waals surface area contributed by atoms with E-state index in [4.69, 9.17) is 4.74 Å². The van der Waals surface area contributed by atoms with Crippen LogP contribution < -0.4 is 10.6 Å². The van der Waals surface area contributed by atoms with E-state index in [1.54, 1.807) is 11.6 Å². The van der Waals surface area contributed by atoms with E-state index in [9.17, 15) is 4.79 Å². The van der Waals surface area contributed by atoms with E-state index in [-0.39, 0.29) is 5.91 Å². The van der Waals surface area contributed by atoms with Crippen LogP contribution in [0.5, 0.6) is 0 Å². The number of anilines is 1. The summed E-state index contributed by atoms with van der Waals surface area (Å²) in [6, 6.07) is 5.80. The molecule has 2 aromatic heterocycles. The minimum absolute atomic E-state index is 0.0190. The van der Waals surface area contributed by atoms with Gasteiger partial charge in [0.05, 0.1) is 6.61 Å². The Morgan fingerprint density at radius 3 is 3.00 bits per heavy atom. The van der Waals surface area contributed by atoms with Gasteiger partial charge in [0, 0.05) is 32.3 Å². The molecular weight excluding hydrogens is 258 g/mol. The number of aryl methyl sites for hydroxylation is 1. The van der Waals surface area contributed by atoms with Crippen LogP contribution in [0.1, 0.15) is 12.1 Å². The number of aromatic nitrogens is 3. The molecule has 1 amide bonds. The summed E-state index contributed by atoms with van der Waals surface area (Å²) >= 11 is 0.